The summed E-state index contributed by atoms with van der Waals surface area (Å²) in [5, 5.41) is 8.68. The zero-order chi connectivity index (χ0) is 16.9. The van der Waals surface area contributed by atoms with E-state index in [4.69, 9.17) is 4.74 Å². The van der Waals surface area contributed by atoms with E-state index in [1.807, 2.05) is 42.9 Å². The summed E-state index contributed by atoms with van der Waals surface area (Å²) >= 11 is 0. The Morgan fingerprint density at radius 1 is 1.25 bits per heavy atom. The number of benzene rings is 1. The Morgan fingerprint density at radius 2 is 2.04 bits per heavy atom. The van der Waals surface area contributed by atoms with Crippen LogP contribution in [-0.2, 0) is 24.6 Å². The molecule has 2 aromatic rings. The van der Waals surface area contributed by atoms with Crippen LogP contribution in [0.1, 0.15) is 65.8 Å². The van der Waals surface area contributed by atoms with Crippen LogP contribution in [0.5, 0.6) is 0 Å². The molecule has 1 aromatic heterocycles. The van der Waals surface area contributed by atoms with E-state index in [2.05, 4.69) is 10.3 Å². The number of aryl methyl sites for hydroxylation is 1. The van der Waals surface area contributed by atoms with Gasteiger partial charge in [-0.15, -0.1) is 5.10 Å². The second-order valence-corrected chi connectivity index (χ2v) is 6.46. The van der Waals surface area contributed by atoms with E-state index >= 15 is 0 Å². The lowest BCUT2D eigenvalue weighted by atomic mass is 9.87. The molecule has 0 amide bonds. The second-order valence-electron chi connectivity index (χ2n) is 6.46. The predicted molar refractivity (Wildman–Crippen MR) is 92.0 cm³/mol. The van der Waals surface area contributed by atoms with Crippen LogP contribution < -0.4 is 0 Å². The SMILES string of the molecule is CCOC(=O)c1ccc(CC2CCCCCc3c2nnn3C)cc1. The molecule has 0 saturated heterocycles. The molecule has 1 aliphatic carbocycles. The van der Waals surface area contributed by atoms with Gasteiger partial charge in [0.25, 0.3) is 0 Å². The molecule has 5 heteroatoms. The minimum atomic E-state index is -0.258. The second kappa shape index (κ2) is 7.60. The first-order valence-corrected chi connectivity index (χ1v) is 8.83. The van der Waals surface area contributed by atoms with Crippen LogP contribution in [-0.4, -0.2) is 27.6 Å². The molecule has 0 radical (unpaired) electrons. The van der Waals surface area contributed by atoms with Gasteiger partial charge in [-0.05, 0) is 50.3 Å². The van der Waals surface area contributed by atoms with E-state index < -0.39 is 0 Å². The van der Waals surface area contributed by atoms with Crippen molar-refractivity contribution in [3.8, 4) is 0 Å². The molecule has 0 saturated carbocycles. The number of ether oxygens (including phenoxy) is 1. The Morgan fingerprint density at radius 3 is 2.79 bits per heavy atom. The lowest BCUT2D eigenvalue weighted by Crippen LogP contribution is -2.11. The average molecular weight is 327 g/mol. The van der Waals surface area contributed by atoms with Crippen molar-refractivity contribution in [2.24, 2.45) is 7.05 Å². The van der Waals surface area contributed by atoms with E-state index in [9.17, 15) is 4.79 Å². The van der Waals surface area contributed by atoms with Gasteiger partial charge in [0, 0.05) is 13.0 Å². The lowest BCUT2D eigenvalue weighted by molar-refractivity contribution is 0.0526. The summed E-state index contributed by atoms with van der Waals surface area (Å²) in [6.45, 7) is 2.22. The molecular formula is C19H25N3O2. The normalized spacial score (nSPS) is 17.7. The zero-order valence-electron chi connectivity index (χ0n) is 14.5. The molecule has 1 aromatic carbocycles. The van der Waals surface area contributed by atoms with Crippen molar-refractivity contribution in [1.82, 2.24) is 15.0 Å². The van der Waals surface area contributed by atoms with Gasteiger partial charge in [0.05, 0.1) is 23.6 Å². The minimum absolute atomic E-state index is 0.258. The standard InChI is InChI=1S/C19H25N3O2/c1-3-24-19(23)15-11-9-14(10-12-15)13-16-7-5-4-6-8-17-18(16)20-21-22(17)2/h9-12,16H,3-8,13H2,1-2H3. The first-order valence-electron chi connectivity index (χ1n) is 8.83. The van der Waals surface area contributed by atoms with Crippen LogP contribution in [0.15, 0.2) is 24.3 Å². The van der Waals surface area contributed by atoms with Crippen molar-refractivity contribution >= 4 is 5.97 Å². The van der Waals surface area contributed by atoms with Gasteiger partial charge in [-0.1, -0.05) is 30.2 Å². The minimum Gasteiger partial charge on any atom is -0.462 e. The number of aromatic nitrogens is 3. The summed E-state index contributed by atoms with van der Waals surface area (Å²) in [7, 11) is 1.98. The van der Waals surface area contributed by atoms with Crippen molar-refractivity contribution in [3.05, 3.63) is 46.8 Å². The fraction of sp³-hybridized carbons (Fsp3) is 0.526. The molecule has 1 heterocycles. The first kappa shape index (κ1) is 16.7. The molecule has 0 aliphatic heterocycles. The molecule has 1 aliphatic rings. The molecule has 0 bridgehead atoms. The van der Waals surface area contributed by atoms with E-state index in [0.29, 0.717) is 18.1 Å². The van der Waals surface area contributed by atoms with E-state index in [-0.39, 0.29) is 5.97 Å². The molecule has 0 N–H and O–H groups in total. The zero-order valence-corrected chi connectivity index (χ0v) is 14.5. The van der Waals surface area contributed by atoms with Crippen LogP contribution in [0.3, 0.4) is 0 Å². The highest BCUT2D eigenvalue weighted by Gasteiger charge is 2.23. The van der Waals surface area contributed by atoms with Crippen LogP contribution in [0.4, 0.5) is 0 Å². The van der Waals surface area contributed by atoms with E-state index in [0.717, 1.165) is 25.0 Å². The molecule has 24 heavy (non-hydrogen) atoms. The summed E-state index contributed by atoms with van der Waals surface area (Å²) < 4.78 is 6.97. The van der Waals surface area contributed by atoms with Crippen molar-refractivity contribution in [3.63, 3.8) is 0 Å². The summed E-state index contributed by atoms with van der Waals surface area (Å²) in [6.07, 6.45) is 6.87. The van der Waals surface area contributed by atoms with Crippen LogP contribution in [0.2, 0.25) is 0 Å². The number of fused-ring (bicyclic) bond motifs is 1. The lowest BCUT2D eigenvalue weighted by Gasteiger charge is -2.19. The highest BCUT2D eigenvalue weighted by atomic mass is 16.5. The van der Waals surface area contributed by atoms with Crippen molar-refractivity contribution in [2.75, 3.05) is 6.61 Å². The number of carbonyl (C=O) groups excluding carboxylic acids is 1. The fourth-order valence-corrected chi connectivity index (χ4v) is 3.47. The van der Waals surface area contributed by atoms with Gasteiger partial charge < -0.3 is 4.74 Å². The van der Waals surface area contributed by atoms with Gasteiger partial charge in [0.15, 0.2) is 0 Å². The maximum atomic E-state index is 11.8. The molecular weight excluding hydrogens is 302 g/mol. The van der Waals surface area contributed by atoms with Crippen molar-refractivity contribution < 1.29 is 9.53 Å². The maximum absolute atomic E-state index is 11.8. The third-order valence-corrected chi connectivity index (χ3v) is 4.77. The number of esters is 1. The summed E-state index contributed by atoms with van der Waals surface area (Å²) in [4.78, 5) is 11.8. The van der Waals surface area contributed by atoms with Crippen LogP contribution in [0.25, 0.3) is 0 Å². The van der Waals surface area contributed by atoms with Gasteiger partial charge >= 0.3 is 5.97 Å². The quantitative estimate of drug-likeness (QED) is 0.807. The summed E-state index contributed by atoms with van der Waals surface area (Å²) in [5.41, 5.74) is 4.28. The molecule has 5 nitrogen and oxygen atoms in total. The Balaban J connectivity index is 1.76. The third-order valence-electron chi connectivity index (χ3n) is 4.77. The molecule has 0 fully saturated rings. The average Bonchev–Trinajstić information content (AvgIpc) is 2.92. The fourth-order valence-electron chi connectivity index (χ4n) is 3.47. The molecule has 3 rings (SSSR count). The number of hydrogen-bond acceptors (Lipinski definition) is 4. The van der Waals surface area contributed by atoms with Gasteiger partial charge in [-0.25, -0.2) is 4.79 Å². The maximum Gasteiger partial charge on any atom is 0.338 e. The van der Waals surface area contributed by atoms with Crippen molar-refractivity contribution in [2.45, 2.75) is 51.4 Å². The van der Waals surface area contributed by atoms with Gasteiger partial charge in [0.1, 0.15) is 0 Å². The smallest absolute Gasteiger partial charge is 0.338 e. The summed E-state index contributed by atoms with van der Waals surface area (Å²) in [6, 6.07) is 7.77. The Bertz CT molecular complexity index is 691. The van der Waals surface area contributed by atoms with E-state index in [1.165, 1.54) is 30.5 Å². The highest BCUT2D eigenvalue weighted by molar-refractivity contribution is 5.89. The van der Waals surface area contributed by atoms with Gasteiger partial charge in [0.2, 0.25) is 0 Å². The Labute approximate surface area is 143 Å². The highest BCUT2D eigenvalue weighted by Crippen LogP contribution is 2.30. The first-order chi connectivity index (χ1) is 11.7. The van der Waals surface area contributed by atoms with Crippen molar-refractivity contribution in [1.29, 1.82) is 0 Å². The Hall–Kier alpha value is -2.17. The number of carbonyl (C=O) groups is 1. The van der Waals surface area contributed by atoms with Gasteiger partial charge in [-0.3, -0.25) is 4.68 Å². The summed E-state index contributed by atoms with van der Waals surface area (Å²) in [5.74, 6) is 0.147. The number of nitrogens with zero attached hydrogens (tertiary/aromatic N) is 3. The molecule has 128 valence electrons. The van der Waals surface area contributed by atoms with Crippen LogP contribution >= 0.6 is 0 Å². The molecule has 1 unspecified atom stereocenters. The number of hydrogen-bond donors (Lipinski definition) is 0. The monoisotopic (exact) mass is 327 g/mol. The Kier molecular flexibility index (Phi) is 5.28. The van der Waals surface area contributed by atoms with Crippen LogP contribution in [0, 0.1) is 0 Å². The molecule has 1 atom stereocenters. The van der Waals surface area contributed by atoms with E-state index in [1.54, 1.807) is 0 Å². The van der Waals surface area contributed by atoms with Gasteiger partial charge in [-0.2, -0.15) is 0 Å². The molecule has 0 spiro atoms. The number of rotatable bonds is 4. The predicted octanol–water partition coefficient (Wildman–Crippen LogP) is 3.43. The largest absolute Gasteiger partial charge is 0.462 e. The third kappa shape index (κ3) is 3.66. The topological polar surface area (TPSA) is 57.0 Å².